The van der Waals surface area contributed by atoms with Gasteiger partial charge >= 0.3 is 5.97 Å². The van der Waals surface area contributed by atoms with E-state index in [0.717, 1.165) is 19.3 Å². The standard InChI is InChI=1S/C17H24O4S/c1-3-13-10-7-11-17(2,15(13)12-22(19)20)21-16(18)14-8-5-4-6-9-14/h4-6,8-9,13,15H,3,7,10-12H2,1-2H3,(H,19,20)/p-1. The lowest BCUT2D eigenvalue weighted by Crippen LogP contribution is -2.48. The van der Waals surface area contributed by atoms with Crippen LogP contribution in [0, 0.1) is 11.8 Å². The summed E-state index contributed by atoms with van der Waals surface area (Å²) in [5.41, 5.74) is -0.212. The zero-order valence-corrected chi connectivity index (χ0v) is 13.9. The molecule has 0 aromatic heterocycles. The second-order valence-electron chi connectivity index (χ2n) is 6.21. The number of hydrogen-bond acceptors (Lipinski definition) is 4. The van der Waals surface area contributed by atoms with Crippen molar-refractivity contribution in [3.05, 3.63) is 35.9 Å². The highest BCUT2D eigenvalue weighted by molar-refractivity contribution is 7.79. The third-order valence-corrected chi connectivity index (χ3v) is 5.41. The van der Waals surface area contributed by atoms with Crippen LogP contribution in [0.25, 0.3) is 0 Å². The zero-order valence-electron chi connectivity index (χ0n) is 13.1. The summed E-state index contributed by atoms with van der Waals surface area (Å²) < 4.78 is 28.3. The van der Waals surface area contributed by atoms with Gasteiger partial charge in [-0.05, 0) is 44.2 Å². The molecule has 4 atom stereocenters. The number of benzene rings is 1. The van der Waals surface area contributed by atoms with Crippen LogP contribution in [0.5, 0.6) is 0 Å². The lowest BCUT2D eigenvalue weighted by Gasteiger charge is -2.45. The number of hydrogen-bond donors (Lipinski definition) is 0. The third-order valence-electron chi connectivity index (χ3n) is 4.78. The Morgan fingerprint density at radius 3 is 2.68 bits per heavy atom. The van der Waals surface area contributed by atoms with Crippen LogP contribution in [-0.2, 0) is 15.8 Å². The molecule has 0 radical (unpaired) electrons. The van der Waals surface area contributed by atoms with Crippen molar-refractivity contribution in [2.45, 2.75) is 45.1 Å². The Morgan fingerprint density at radius 2 is 2.09 bits per heavy atom. The molecular weight excluding hydrogens is 300 g/mol. The van der Waals surface area contributed by atoms with E-state index in [1.165, 1.54) is 0 Å². The van der Waals surface area contributed by atoms with Gasteiger partial charge in [0.05, 0.1) is 5.56 Å². The highest BCUT2D eigenvalue weighted by Gasteiger charge is 2.44. The van der Waals surface area contributed by atoms with E-state index in [4.69, 9.17) is 4.74 Å². The second-order valence-corrected chi connectivity index (χ2v) is 7.15. The first kappa shape index (κ1) is 17.2. The van der Waals surface area contributed by atoms with Gasteiger partial charge in [-0.25, -0.2) is 4.79 Å². The largest absolute Gasteiger partial charge is 0.772 e. The fourth-order valence-corrected chi connectivity index (χ4v) is 4.44. The molecule has 1 saturated carbocycles. The Bertz CT molecular complexity index is 531. The van der Waals surface area contributed by atoms with Crippen molar-refractivity contribution in [1.82, 2.24) is 0 Å². The first-order valence-corrected chi connectivity index (χ1v) is 9.05. The van der Waals surface area contributed by atoms with E-state index in [0.29, 0.717) is 12.0 Å². The molecule has 1 aromatic rings. The summed E-state index contributed by atoms with van der Waals surface area (Å²) in [7, 11) is 0. The second kappa shape index (κ2) is 7.38. The average molecular weight is 323 g/mol. The smallest absolute Gasteiger partial charge is 0.338 e. The Hall–Kier alpha value is -1.20. The van der Waals surface area contributed by atoms with Gasteiger partial charge in [0.25, 0.3) is 0 Å². The fraction of sp³-hybridized carbons (Fsp3) is 0.588. The van der Waals surface area contributed by atoms with Gasteiger partial charge < -0.3 is 9.29 Å². The molecule has 0 aliphatic heterocycles. The first-order valence-electron chi connectivity index (χ1n) is 7.80. The Kier molecular flexibility index (Phi) is 5.75. The van der Waals surface area contributed by atoms with E-state index in [1.807, 2.05) is 13.0 Å². The summed E-state index contributed by atoms with van der Waals surface area (Å²) >= 11 is -2.13. The molecule has 0 spiro atoms. The molecule has 1 aliphatic carbocycles. The van der Waals surface area contributed by atoms with E-state index in [1.54, 1.807) is 24.3 Å². The Balaban J connectivity index is 2.20. The maximum Gasteiger partial charge on any atom is 0.338 e. The van der Waals surface area contributed by atoms with Crippen LogP contribution < -0.4 is 0 Å². The normalized spacial score (nSPS) is 29.8. The molecule has 1 fully saturated rings. The van der Waals surface area contributed by atoms with E-state index in [2.05, 4.69) is 6.92 Å². The lowest BCUT2D eigenvalue weighted by atomic mass is 9.69. The highest BCUT2D eigenvalue weighted by atomic mass is 32.2. The Morgan fingerprint density at radius 1 is 1.41 bits per heavy atom. The zero-order chi connectivity index (χ0) is 16.2. The molecule has 4 unspecified atom stereocenters. The van der Waals surface area contributed by atoms with Crippen LogP contribution in [0.15, 0.2) is 30.3 Å². The van der Waals surface area contributed by atoms with Crippen LogP contribution in [0.1, 0.15) is 49.9 Å². The quantitative estimate of drug-likeness (QED) is 0.616. The molecule has 1 aliphatic rings. The SMILES string of the molecule is CCC1CCCC(C)(OC(=O)c2ccccc2)C1CS(=O)[O-]. The van der Waals surface area contributed by atoms with Crippen LogP contribution in [0.3, 0.4) is 0 Å². The minimum Gasteiger partial charge on any atom is -0.772 e. The van der Waals surface area contributed by atoms with Gasteiger partial charge in [-0.2, -0.15) is 0 Å². The molecule has 122 valence electrons. The fourth-order valence-electron chi connectivity index (χ4n) is 3.52. The summed E-state index contributed by atoms with van der Waals surface area (Å²) in [6.45, 7) is 3.95. The molecule has 0 saturated heterocycles. The molecule has 0 bridgehead atoms. The van der Waals surface area contributed by atoms with Crippen molar-refractivity contribution in [2.24, 2.45) is 11.8 Å². The molecule has 5 heteroatoms. The van der Waals surface area contributed by atoms with Gasteiger partial charge in [-0.15, -0.1) is 0 Å². The molecular formula is C17H23O4S-. The van der Waals surface area contributed by atoms with Gasteiger partial charge in [0.15, 0.2) is 0 Å². The summed E-state index contributed by atoms with van der Waals surface area (Å²) in [4.78, 5) is 12.4. The summed E-state index contributed by atoms with van der Waals surface area (Å²) in [6.07, 6.45) is 3.57. The van der Waals surface area contributed by atoms with E-state index < -0.39 is 16.7 Å². The van der Waals surface area contributed by atoms with Crippen LogP contribution in [-0.4, -0.2) is 26.1 Å². The molecule has 2 rings (SSSR count). The van der Waals surface area contributed by atoms with E-state index in [9.17, 15) is 13.6 Å². The maximum atomic E-state index is 12.4. The summed E-state index contributed by atoms with van der Waals surface area (Å²) in [5.74, 6) is -0.184. The monoisotopic (exact) mass is 323 g/mol. The minimum atomic E-state index is -2.13. The van der Waals surface area contributed by atoms with Crippen molar-refractivity contribution in [3.63, 3.8) is 0 Å². The van der Waals surface area contributed by atoms with Crippen molar-refractivity contribution >= 4 is 17.0 Å². The van der Waals surface area contributed by atoms with Gasteiger partial charge in [0.2, 0.25) is 0 Å². The summed E-state index contributed by atoms with van der Waals surface area (Å²) in [6, 6.07) is 8.85. The summed E-state index contributed by atoms with van der Waals surface area (Å²) in [5, 5.41) is 0. The minimum absolute atomic E-state index is 0.0527. The number of ether oxygens (including phenoxy) is 1. The predicted molar refractivity (Wildman–Crippen MR) is 85.2 cm³/mol. The number of rotatable bonds is 5. The molecule has 22 heavy (non-hydrogen) atoms. The van der Waals surface area contributed by atoms with Gasteiger partial charge in [0, 0.05) is 11.7 Å². The van der Waals surface area contributed by atoms with E-state index in [-0.39, 0.29) is 23.6 Å². The van der Waals surface area contributed by atoms with Gasteiger partial charge in [-0.1, -0.05) is 42.6 Å². The maximum absolute atomic E-state index is 12.4. The molecule has 0 heterocycles. The highest BCUT2D eigenvalue weighted by Crippen LogP contribution is 2.42. The van der Waals surface area contributed by atoms with E-state index >= 15 is 0 Å². The van der Waals surface area contributed by atoms with Crippen LogP contribution in [0.2, 0.25) is 0 Å². The molecule has 0 N–H and O–H groups in total. The van der Waals surface area contributed by atoms with Crippen molar-refractivity contribution < 1.29 is 18.3 Å². The number of carbonyl (C=O) groups excluding carboxylic acids is 1. The van der Waals surface area contributed by atoms with Gasteiger partial charge in [0.1, 0.15) is 5.60 Å². The molecule has 1 aromatic carbocycles. The Labute approximate surface area is 134 Å². The topological polar surface area (TPSA) is 66.4 Å². The number of esters is 1. The predicted octanol–water partition coefficient (Wildman–Crippen LogP) is 3.31. The molecule has 0 amide bonds. The lowest BCUT2D eigenvalue weighted by molar-refractivity contribution is -0.0724. The third kappa shape index (κ3) is 3.96. The van der Waals surface area contributed by atoms with Gasteiger partial charge in [-0.3, -0.25) is 4.21 Å². The van der Waals surface area contributed by atoms with Crippen molar-refractivity contribution in [2.75, 3.05) is 5.75 Å². The number of carbonyl (C=O) groups is 1. The average Bonchev–Trinajstić information content (AvgIpc) is 2.50. The molecule has 4 nitrogen and oxygen atoms in total. The van der Waals surface area contributed by atoms with Crippen molar-refractivity contribution in [3.8, 4) is 0 Å². The van der Waals surface area contributed by atoms with Crippen LogP contribution in [0.4, 0.5) is 0 Å². The van der Waals surface area contributed by atoms with Crippen LogP contribution >= 0.6 is 0 Å². The van der Waals surface area contributed by atoms with Crippen molar-refractivity contribution in [1.29, 1.82) is 0 Å². The first-order chi connectivity index (χ1) is 10.5.